The minimum absolute atomic E-state index is 0.0949. The summed E-state index contributed by atoms with van der Waals surface area (Å²) in [5.74, 6) is 0.318. The van der Waals surface area contributed by atoms with Gasteiger partial charge in [0.05, 0.1) is 17.7 Å². The smallest absolute Gasteiger partial charge is 0.243 e. The van der Waals surface area contributed by atoms with E-state index in [2.05, 4.69) is 10.3 Å². The molecular formula is C19H19N3O4S. The minimum atomic E-state index is -3.79. The summed E-state index contributed by atoms with van der Waals surface area (Å²) in [4.78, 5) is 15.3. The van der Waals surface area contributed by atoms with Crippen molar-refractivity contribution >= 4 is 21.6 Å². The molecule has 0 atom stereocenters. The Morgan fingerprint density at radius 2 is 1.89 bits per heavy atom. The molecule has 0 unspecified atom stereocenters. The molecule has 7 nitrogen and oxygen atoms in total. The Morgan fingerprint density at radius 1 is 1.11 bits per heavy atom. The van der Waals surface area contributed by atoms with Crippen LogP contribution in [0.15, 0.2) is 76.5 Å². The summed E-state index contributed by atoms with van der Waals surface area (Å²) in [7, 11) is -3.79. The predicted octanol–water partition coefficient (Wildman–Crippen LogP) is 3.02. The van der Waals surface area contributed by atoms with Gasteiger partial charge >= 0.3 is 0 Å². The Bertz CT molecular complexity index is 985. The van der Waals surface area contributed by atoms with Gasteiger partial charge in [-0.2, -0.15) is 4.31 Å². The van der Waals surface area contributed by atoms with E-state index in [9.17, 15) is 13.2 Å². The average molecular weight is 385 g/mol. The number of carbonyl (C=O) groups excluding carboxylic acids is 1. The van der Waals surface area contributed by atoms with Gasteiger partial charge < -0.3 is 9.73 Å². The zero-order chi connectivity index (χ0) is 19.3. The molecule has 0 aliphatic heterocycles. The normalized spacial score (nSPS) is 11.5. The lowest BCUT2D eigenvalue weighted by molar-refractivity contribution is -0.114. The van der Waals surface area contributed by atoms with Crippen LogP contribution < -0.4 is 5.32 Å². The van der Waals surface area contributed by atoms with Crippen LogP contribution in [0.4, 0.5) is 5.69 Å². The number of sulfonamides is 1. The second-order valence-corrected chi connectivity index (χ2v) is 7.86. The average Bonchev–Trinajstić information content (AvgIpc) is 3.15. The van der Waals surface area contributed by atoms with Gasteiger partial charge in [0, 0.05) is 31.5 Å². The van der Waals surface area contributed by atoms with Gasteiger partial charge in [0.2, 0.25) is 15.9 Å². The van der Waals surface area contributed by atoms with Gasteiger partial charge in [-0.3, -0.25) is 9.78 Å². The lowest BCUT2D eigenvalue weighted by atomic mass is 10.3. The van der Waals surface area contributed by atoms with Crippen LogP contribution in [-0.4, -0.2) is 23.6 Å². The maximum atomic E-state index is 13.2. The number of rotatable bonds is 7. The van der Waals surface area contributed by atoms with Gasteiger partial charge in [-0.15, -0.1) is 0 Å². The zero-order valence-electron chi connectivity index (χ0n) is 14.7. The van der Waals surface area contributed by atoms with E-state index in [1.807, 2.05) is 6.07 Å². The number of amides is 1. The highest BCUT2D eigenvalue weighted by molar-refractivity contribution is 7.89. The molecule has 27 heavy (non-hydrogen) atoms. The zero-order valence-corrected chi connectivity index (χ0v) is 15.5. The molecule has 0 bridgehead atoms. The van der Waals surface area contributed by atoms with Crippen molar-refractivity contribution in [3.63, 3.8) is 0 Å². The van der Waals surface area contributed by atoms with Crippen LogP contribution in [0.1, 0.15) is 18.2 Å². The predicted molar refractivity (Wildman–Crippen MR) is 100 cm³/mol. The highest BCUT2D eigenvalue weighted by Crippen LogP contribution is 2.22. The van der Waals surface area contributed by atoms with E-state index in [0.717, 1.165) is 5.56 Å². The van der Waals surface area contributed by atoms with Crippen LogP contribution in [-0.2, 0) is 27.9 Å². The number of furan rings is 1. The Hall–Kier alpha value is -2.97. The summed E-state index contributed by atoms with van der Waals surface area (Å²) < 4.78 is 33.0. The van der Waals surface area contributed by atoms with E-state index < -0.39 is 10.0 Å². The molecule has 1 N–H and O–H groups in total. The van der Waals surface area contributed by atoms with Gasteiger partial charge in [0.15, 0.2) is 0 Å². The molecule has 0 spiro atoms. The topological polar surface area (TPSA) is 92.5 Å². The summed E-state index contributed by atoms with van der Waals surface area (Å²) in [6.45, 7) is 1.64. The number of nitrogens with one attached hydrogen (secondary N) is 1. The maximum Gasteiger partial charge on any atom is 0.243 e. The van der Waals surface area contributed by atoms with Gasteiger partial charge in [0.1, 0.15) is 5.76 Å². The summed E-state index contributed by atoms with van der Waals surface area (Å²) in [6.07, 6.45) is 4.77. The van der Waals surface area contributed by atoms with Crippen molar-refractivity contribution in [1.82, 2.24) is 9.29 Å². The number of carbonyl (C=O) groups is 1. The molecule has 1 amide bonds. The molecule has 0 radical (unpaired) electrons. The fourth-order valence-corrected chi connectivity index (χ4v) is 3.95. The molecule has 0 saturated heterocycles. The van der Waals surface area contributed by atoms with Crippen molar-refractivity contribution in [1.29, 1.82) is 0 Å². The van der Waals surface area contributed by atoms with E-state index >= 15 is 0 Å². The van der Waals surface area contributed by atoms with Gasteiger partial charge in [0.25, 0.3) is 0 Å². The monoisotopic (exact) mass is 385 g/mol. The van der Waals surface area contributed by atoms with Crippen LogP contribution in [0.2, 0.25) is 0 Å². The van der Waals surface area contributed by atoms with Crippen LogP contribution in [0.3, 0.4) is 0 Å². The molecular weight excluding hydrogens is 366 g/mol. The number of aromatic nitrogens is 1. The molecule has 0 aliphatic rings. The first-order chi connectivity index (χ1) is 12.9. The number of anilines is 1. The van der Waals surface area contributed by atoms with Gasteiger partial charge in [-0.05, 0) is 48.0 Å². The lowest BCUT2D eigenvalue weighted by Crippen LogP contribution is -2.30. The largest absolute Gasteiger partial charge is 0.468 e. The Labute approximate surface area is 157 Å². The first-order valence-electron chi connectivity index (χ1n) is 8.24. The summed E-state index contributed by atoms with van der Waals surface area (Å²) in [5, 5.41) is 2.62. The number of hydrogen-bond donors (Lipinski definition) is 1. The van der Waals surface area contributed by atoms with Crippen LogP contribution in [0, 0.1) is 0 Å². The summed E-state index contributed by atoms with van der Waals surface area (Å²) in [5.41, 5.74) is 1.30. The van der Waals surface area contributed by atoms with E-state index in [-0.39, 0.29) is 23.9 Å². The number of pyridine rings is 1. The standard InChI is InChI=1S/C19H19N3O4S/c1-15(23)21-17-6-8-19(9-7-17)27(24,25)22(14-18-5-3-11-26-18)13-16-4-2-10-20-12-16/h2-12H,13-14H2,1H3,(H,21,23). The second kappa shape index (κ2) is 8.15. The molecule has 8 heteroatoms. The third-order valence-corrected chi connectivity index (χ3v) is 5.61. The van der Waals surface area contributed by atoms with Crippen molar-refractivity contribution in [2.45, 2.75) is 24.9 Å². The first-order valence-corrected chi connectivity index (χ1v) is 9.68. The molecule has 2 aromatic heterocycles. The van der Waals surface area contributed by atoms with E-state index in [1.165, 1.54) is 29.6 Å². The van der Waals surface area contributed by atoms with E-state index in [0.29, 0.717) is 11.4 Å². The number of hydrogen-bond acceptors (Lipinski definition) is 5. The third-order valence-electron chi connectivity index (χ3n) is 3.81. The second-order valence-electron chi connectivity index (χ2n) is 5.92. The summed E-state index contributed by atoms with van der Waals surface area (Å²) >= 11 is 0. The minimum Gasteiger partial charge on any atom is -0.468 e. The fraction of sp³-hybridized carbons (Fsp3) is 0.158. The maximum absolute atomic E-state index is 13.2. The first kappa shape index (κ1) is 18.8. The SMILES string of the molecule is CC(=O)Nc1ccc(S(=O)(=O)N(Cc2cccnc2)Cc2ccco2)cc1. The highest BCUT2D eigenvalue weighted by Gasteiger charge is 2.26. The van der Waals surface area contributed by atoms with Crippen LogP contribution in [0.5, 0.6) is 0 Å². The number of nitrogens with zero attached hydrogens (tertiary/aromatic N) is 2. The molecule has 1 aromatic carbocycles. The highest BCUT2D eigenvalue weighted by atomic mass is 32.2. The van der Waals surface area contributed by atoms with Crippen molar-refractivity contribution in [2.24, 2.45) is 0 Å². The quantitative estimate of drug-likeness (QED) is 0.675. The van der Waals surface area contributed by atoms with Gasteiger partial charge in [-0.1, -0.05) is 6.07 Å². The lowest BCUT2D eigenvalue weighted by Gasteiger charge is -2.21. The molecule has 0 fully saturated rings. The van der Waals surface area contributed by atoms with E-state index in [1.54, 1.807) is 42.7 Å². The Kier molecular flexibility index (Phi) is 5.68. The fourth-order valence-electron chi connectivity index (χ4n) is 2.56. The van der Waals surface area contributed by atoms with Crippen LogP contribution >= 0.6 is 0 Å². The summed E-state index contributed by atoms with van der Waals surface area (Å²) in [6, 6.07) is 13.1. The van der Waals surface area contributed by atoms with Crippen molar-refractivity contribution in [3.8, 4) is 0 Å². The van der Waals surface area contributed by atoms with Crippen molar-refractivity contribution < 1.29 is 17.6 Å². The van der Waals surface area contributed by atoms with E-state index in [4.69, 9.17) is 4.42 Å². The number of benzene rings is 1. The third kappa shape index (κ3) is 4.81. The Morgan fingerprint density at radius 3 is 2.48 bits per heavy atom. The molecule has 0 aliphatic carbocycles. The van der Waals surface area contributed by atoms with Crippen molar-refractivity contribution in [3.05, 3.63) is 78.5 Å². The molecule has 3 rings (SSSR count). The molecule has 3 aromatic rings. The van der Waals surface area contributed by atoms with Crippen molar-refractivity contribution in [2.75, 3.05) is 5.32 Å². The van der Waals surface area contributed by atoms with Gasteiger partial charge in [-0.25, -0.2) is 8.42 Å². The molecule has 2 heterocycles. The Balaban J connectivity index is 1.90. The van der Waals surface area contributed by atoms with Crippen LogP contribution in [0.25, 0.3) is 0 Å². The molecule has 140 valence electrons. The molecule has 0 saturated carbocycles.